The molecular formula is C13H20N2. The molecule has 0 bridgehead atoms. The van der Waals surface area contributed by atoms with Gasteiger partial charge in [0, 0.05) is 12.6 Å². The van der Waals surface area contributed by atoms with E-state index in [1.807, 2.05) is 0 Å². The van der Waals surface area contributed by atoms with Crippen LogP contribution in [0.4, 0.5) is 0 Å². The molecular weight excluding hydrogens is 184 g/mol. The van der Waals surface area contributed by atoms with E-state index < -0.39 is 0 Å². The lowest BCUT2D eigenvalue weighted by atomic mass is 9.90. The maximum Gasteiger partial charge on any atom is 0.0360 e. The van der Waals surface area contributed by atoms with Crippen molar-refractivity contribution < 1.29 is 0 Å². The minimum Gasteiger partial charge on any atom is -0.330 e. The van der Waals surface area contributed by atoms with Crippen molar-refractivity contribution in [2.75, 3.05) is 20.1 Å². The third-order valence-electron chi connectivity index (χ3n) is 3.37. The van der Waals surface area contributed by atoms with Crippen LogP contribution in [0.5, 0.6) is 0 Å². The van der Waals surface area contributed by atoms with Gasteiger partial charge >= 0.3 is 0 Å². The Kier molecular flexibility index (Phi) is 3.08. The molecule has 1 aromatic carbocycles. The maximum atomic E-state index is 5.69. The Hall–Kier alpha value is -0.860. The smallest absolute Gasteiger partial charge is 0.0360 e. The van der Waals surface area contributed by atoms with Gasteiger partial charge in [-0.2, -0.15) is 0 Å². The second-order valence-corrected chi connectivity index (χ2v) is 4.53. The summed E-state index contributed by atoms with van der Waals surface area (Å²) in [6.07, 6.45) is 2.24. The van der Waals surface area contributed by atoms with Crippen LogP contribution in [0.15, 0.2) is 18.2 Å². The van der Waals surface area contributed by atoms with Crippen LogP contribution < -0.4 is 5.73 Å². The number of aryl methyl sites for hydroxylation is 1. The molecule has 0 fully saturated rings. The first kappa shape index (κ1) is 10.7. The van der Waals surface area contributed by atoms with Crippen LogP contribution in [0.3, 0.4) is 0 Å². The monoisotopic (exact) mass is 204 g/mol. The molecule has 82 valence electrons. The Bertz CT molecular complexity index is 346. The molecule has 0 saturated carbocycles. The topological polar surface area (TPSA) is 29.3 Å². The number of likely N-dealkylation sites (N-methyl/N-ethyl adjacent to an activating group) is 1. The van der Waals surface area contributed by atoms with Crippen molar-refractivity contribution in [1.82, 2.24) is 4.90 Å². The summed E-state index contributed by atoms with van der Waals surface area (Å²) in [6.45, 7) is 4.08. The molecule has 1 aromatic rings. The van der Waals surface area contributed by atoms with Crippen LogP contribution in [0.1, 0.15) is 29.2 Å². The second kappa shape index (κ2) is 4.33. The lowest BCUT2D eigenvalue weighted by molar-refractivity contribution is 0.222. The number of nitrogens with two attached hydrogens (primary N) is 1. The summed E-state index contributed by atoms with van der Waals surface area (Å²) in [5.41, 5.74) is 10.0. The molecule has 2 N–H and O–H groups in total. The van der Waals surface area contributed by atoms with Gasteiger partial charge in [0.2, 0.25) is 0 Å². The van der Waals surface area contributed by atoms with Gasteiger partial charge in [0.15, 0.2) is 0 Å². The summed E-state index contributed by atoms with van der Waals surface area (Å²) in [5.74, 6) is 0. The van der Waals surface area contributed by atoms with E-state index in [1.165, 1.54) is 23.1 Å². The number of rotatable bonds is 2. The molecule has 0 saturated heterocycles. The first-order chi connectivity index (χ1) is 7.22. The number of hydrogen-bond donors (Lipinski definition) is 1. The molecule has 0 spiro atoms. The van der Waals surface area contributed by atoms with Gasteiger partial charge in [-0.05, 0) is 44.5 Å². The van der Waals surface area contributed by atoms with Crippen LogP contribution in [0, 0.1) is 6.92 Å². The van der Waals surface area contributed by atoms with E-state index >= 15 is 0 Å². The minimum atomic E-state index is 0.527. The average Bonchev–Trinajstić information content (AvgIpc) is 2.23. The van der Waals surface area contributed by atoms with Gasteiger partial charge in [0.05, 0.1) is 0 Å². The molecule has 2 rings (SSSR count). The Morgan fingerprint density at radius 1 is 1.47 bits per heavy atom. The highest BCUT2D eigenvalue weighted by molar-refractivity contribution is 5.36. The zero-order valence-corrected chi connectivity index (χ0v) is 9.66. The second-order valence-electron chi connectivity index (χ2n) is 4.53. The lowest BCUT2D eigenvalue weighted by Gasteiger charge is -2.34. The van der Waals surface area contributed by atoms with Crippen LogP contribution >= 0.6 is 0 Å². The first-order valence-electron chi connectivity index (χ1n) is 5.72. The Morgan fingerprint density at radius 3 is 3.00 bits per heavy atom. The molecule has 1 heterocycles. The highest BCUT2D eigenvalue weighted by atomic mass is 15.1. The molecule has 2 nitrogen and oxygen atoms in total. The minimum absolute atomic E-state index is 0.527. The van der Waals surface area contributed by atoms with E-state index in [0.29, 0.717) is 6.04 Å². The standard InChI is InChI=1S/C13H20N2/c1-10-3-4-11-6-8-15(2)13(5-7-14)12(11)9-10/h3-4,9,13H,5-8,14H2,1-2H3. The van der Waals surface area contributed by atoms with Crippen molar-refractivity contribution in [3.63, 3.8) is 0 Å². The fourth-order valence-electron chi connectivity index (χ4n) is 2.48. The summed E-state index contributed by atoms with van der Waals surface area (Å²) in [7, 11) is 2.20. The van der Waals surface area contributed by atoms with Crippen molar-refractivity contribution in [3.05, 3.63) is 34.9 Å². The number of fused-ring (bicyclic) bond motifs is 1. The van der Waals surface area contributed by atoms with Gasteiger partial charge < -0.3 is 5.73 Å². The van der Waals surface area contributed by atoms with Crippen molar-refractivity contribution in [3.8, 4) is 0 Å². The van der Waals surface area contributed by atoms with Crippen molar-refractivity contribution in [2.45, 2.75) is 25.8 Å². The largest absolute Gasteiger partial charge is 0.330 e. The van der Waals surface area contributed by atoms with Crippen LogP contribution in [0.2, 0.25) is 0 Å². The number of benzene rings is 1. The summed E-state index contributed by atoms with van der Waals surface area (Å²) in [4.78, 5) is 2.43. The maximum absolute atomic E-state index is 5.69. The molecule has 0 amide bonds. The van der Waals surface area contributed by atoms with E-state index in [1.54, 1.807) is 0 Å². The quantitative estimate of drug-likeness (QED) is 0.797. The highest BCUT2D eigenvalue weighted by Crippen LogP contribution is 2.31. The zero-order chi connectivity index (χ0) is 10.8. The number of hydrogen-bond acceptors (Lipinski definition) is 2. The van der Waals surface area contributed by atoms with Gasteiger partial charge in [-0.15, -0.1) is 0 Å². The van der Waals surface area contributed by atoms with Gasteiger partial charge in [-0.3, -0.25) is 4.90 Å². The molecule has 2 heteroatoms. The van der Waals surface area contributed by atoms with Crippen molar-refractivity contribution in [2.24, 2.45) is 5.73 Å². The van der Waals surface area contributed by atoms with Crippen LogP contribution in [-0.2, 0) is 6.42 Å². The number of nitrogens with zero attached hydrogens (tertiary/aromatic N) is 1. The van der Waals surface area contributed by atoms with Crippen molar-refractivity contribution in [1.29, 1.82) is 0 Å². The first-order valence-corrected chi connectivity index (χ1v) is 5.72. The Balaban J connectivity index is 2.36. The fraction of sp³-hybridized carbons (Fsp3) is 0.538. The van der Waals surface area contributed by atoms with Gasteiger partial charge in [-0.25, -0.2) is 0 Å². The SMILES string of the molecule is Cc1ccc2c(c1)C(CCN)N(C)CC2. The summed E-state index contributed by atoms with van der Waals surface area (Å²) in [6, 6.07) is 7.34. The van der Waals surface area contributed by atoms with Crippen LogP contribution in [-0.4, -0.2) is 25.0 Å². The Morgan fingerprint density at radius 2 is 2.27 bits per heavy atom. The van der Waals surface area contributed by atoms with Gasteiger partial charge in [0.1, 0.15) is 0 Å². The van der Waals surface area contributed by atoms with E-state index in [9.17, 15) is 0 Å². The predicted octanol–water partition coefficient (Wildman–Crippen LogP) is 1.87. The fourth-order valence-corrected chi connectivity index (χ4v) is 2.48. The molecule has 1 unspecified atom stereocenters. The molecule has 0 radical (unpaired) electrons. The van der Waals surface area contributed by atoms with Crippen molar-refractivity contribution >= 4 is 0 Å². The average molecular weight is 204 g/mol. The van der Waals surface area contributed by atoms with Gasteiger partial charge in [0.25, 0.3) is 0 Å². The van der Waals surface area contributed by atoms with E-state index in [0.717, 1.165) is 19.5 Å². The van der Waals surface area contributed by atoms with E-state index in [-0.39, 0.29) is 0 Å². The molecule has 0 aliphatic carbocycles. The summed E-state index contributed by atoms with van der Waals surface area (Å²) >= 11 is 0. The summed E-state index contributed by atoms with van der Waals surface area (Å²) < 4.78 is 0. The third kappa shape index (κ3) is 2.06. The molecule has 1 aliphatic rings. The predicted molar refractivity (Wildman–Crippen MR) is 63.9 cm³/mol. The summed E-state index contributed by atoms with van der Waals surface area (Å²) in [5, 5.41) is 0. The Labute approximate surface area is 92.1 Å². The molecule has 15 heavy (non-hydrogen) atoms. The van der Waals surface area contributed by atoms with Crippen LogP contribution in [0.25, 0.3) is 0 Å². The third-order valence-corrected chi connectivity index (χ3v) is 3.37. The van der Waals surface area contributed by atoms with E-state index in [4.69, 9.17) is 5.73 Å². The zero-order valence-electron chi connectivity index (χ0n) is 9.66. The molecule has 1 atom stereocenters. The normalized spacial score (nSPS) is 21.4. The lowest BCUT2D eigenvalue weighted by Crippen LogP contribution is -2.33. The molecule has 1 aliphatic heterocycles. The van der Waals surface area contributed by atoms with Gasteiger partial charge in [-0.1, -0.05) is 23.8 Å². The molecule has 0 aromatic heterocycles. The highest BCUT2D eigenvalue weighted by Gasteiger charge is 2.23. The van der Waals surface area contributed by atoms with E-state index in [2.05, 4.69) is 37.1 Å².